The molecule has 0 spiro atoms. The molecular formula is C11H12Cl2O2. The van der Waals surface area contributed by atoms with E-state index in [0.29, 0.717) is 10.8 Å². The van der Waals surface area contributed by atoms with Crippen LogP contribution in [0.25, 0.3) is 0 Å². The molecule has 1 rings (SSSR count). The number of rotatable bonds is 3. The summed E-state index contributed by atoms with van der Waals surface area (Å²) in [7, 11) is 0. The summed E-state index contributed by atoms with van der Waals surface area (Å²) in [5.41, 5.74) is -0.0638. The molecule has 0 aliphatic heterocycles. The lowest BCUT2D eigenvalue weighted by Gasteiger charge is -2.22. The average molecular weight is 247 g/mol. The second kappa shape index (κ2) is 4.42. The Labute approximate surface area is 99.1 Å². The fourth-order valence-electron chi connectivity index (χ4n) is 1.00. The molecule has 0 aliphatic rings. The van der Waals surface area contributed by atoms with Crippen LogP contribution in [-0.2, 0) is 4.79 Å². The quantitative estimate of drug-likeness (QED) is 0.763. The SMILES string of the molecule is Cc1ccc(Cl)c(OC(C)(C)C(=O)Cl)c1. The molecule has 2 nitrogen and oxygen atoms in total. The maximum absolute atomic E-state index is 11.1. The third-order valence-electron chi connectivity index (χ3n) is 1.93. The van der Waals surface area contributed by atoms with E-state index in [2.05, 4.69) is 0 Å². The first-order chi connectivity index (χ1) is 6.83. The Balaban J connectivity index is 2.99. The summed E-state index contributed by atoms with van der Waals surface area (Å²) in [5.74, 6) is 0.468. The molecule has 82 valence electrons. The highest BCUT2D eigenvalue weighted by Gasteiger charge is 2.28. The molecular weight excluding hydrogens is 235 g/mol. The summed E-state index contributed by atoms with van der Waals surface area (Å²) in [5, 5.41) is -0.0911. The van der Waals surface area contributed by atoms with Crippen LogP contribution in [0.1, 0.15) is 19.4 Å². The van der Waals surface area contributed by atoms with Gasteiger partial charge in [-0.15, -0.1) is 0 Å². The predicted molar refractivity (Wildman–Crippen MR) is 61.8 cm³/mol. The fraction of sp³-hybridized carbons (Fsp3) is 0.364. The van der Waals surface area contributed by atoms with Crippen LogP contribution in [-0.4, -0.2) is 10.8 Å². The van der Waals surface area contributed by atoms with Crippen LogP contribution in [0.3, 0.4) is 0 Å². The second-order valence-electron chi connectivity index (χ2n) is 3.82. The Morgan fingerprint density at radius 3 is 2.53 bits per heavy atom. The third kappa shape index (κ3) is 3.11. The van der Waals surface area contributed by atoms with Gasteiger partial charge < -0.3 is 4.74 Å². The summed E-state index contributed by atoms with van der Waals surface area (Å²) in [4.78, 5) is 11.1. The lowest BCUT2D eigenvalue weighted by molar-refractivity contribution is -0.123. The monoisotopic (exact) mass is 246 g/mol. The minimum atomic E-state index is -1.07. The molecule has 0 atom stereocenters. The highest BCUT2D eigenvalue weighted by atomic mass is 35.5. The number of hydrogen-bond acceptors (Lipinski definition) is 2. The van der Waals surface area contributed by atoms with E-state index in [-0.39, 0.29) is 0 Å². The molecule has 0 heterocycles. The Kier molecular flexibility index (Phi) is 3.63. The van der Waals surface area contributed by atoms with Crippen molar-refractivity contribution in [3.8, 4) is 5.75 Å². The summed E-state index contributed by atoms with van der Waals surface area (Å²) in [6.45, 7) is 5.11. The molecule has 15 heavy (non-hydrogen) atoms. The standard InChI is InChI=1S/C11H12Cl2O2/c1-7-4-5-8(12)9(6-7)15-11(2,3)10(13)14/h4-6H,1-3H3. The second-order valence-corrected chi connectivity index (χ2v) is 4.57. The van der Waals surface area contributed by atoms with Crippen LogP contribution in [0.5, 0.6) is 5.75 Å². The van der Waals surface area contributed by atoms with E-state index in [4.69, 9.17) is 27.9 Å². The molecule has 1 aromatic carbocycles. The van der Waals surface area contributed by atoms with Crippen LogP contribution < -0.4 is 4.74 Å². The molecule has 4 heteroatoms. The van der Waals surface area contributed by atoms with Crippen LogP contribution in [0, 0.1) is 6.92 Å². The zero-order chi connectivity index (χ0) is 11.6. The zero-order valence-corrected chi connectivity index (χ0v) is 10.3. The number of aryl methyl sites for hydroxylation is 1. The van der Waals surface area contributed by atoms with Crippen molar-refractivity contribution in [3.05, 3.63) is 28.8 Å². The van der Waals surface area contributed by atoms with Crippen molar-refractivity contribution in [2.24, 2.45) is 0 Å². The molecule has 0 N–H and O–H groups in total. The van der Waals surface area contributed by atoms with Gasteiger partial charge in [0.1, 0.15) is 5.75 Å². The third-order valence-corrected chi connectivity index (χ3v) is 2.69. The molecule has 0 amide bonds. The highest BCUT2D eigenvalue weighted by molar-refractivity contribution is 6.65. The number of hydrogen-bond donors (Lipinski definition) is 0. The van der Waals surface area contributed by atoms with E-state index in [9.17, 15) is 4.79 Å². The normalized spacial score (nSPS) is 11.3. The number of ether oxygens (including phenoxy) is 1. The molecule has 0 saturated heterocycles. The molecule has 0 radical (unpaired) electrons. The molecule has 0 fully saturated rings. The van der Waals surface area contributed by atoms with Crippen molar-refractivity contribution < 1.29 is 9.53 Å². The smallest absolute Gasteiger partial charge is 0.264 e. The van der Waals surface area contributed by atoms with Crippen LogP contribution in [0.2, 0.25) is 5.02 Å². The van der Waals surface area contributed by atoms with Crippen molar-refractivity contribution in [2.45, 2.75) is 26.4 Å². The molecule has 1 aromatic rings. The zero-order valence-electron chi connectivity index (χ0n) is 8.80. The molecule has 0 unspecified atom stereocenters. The van der Waals surface area contributed by atoms with E-state index >= 15 is 0 Å². The molecule has 0 aromatic heterocycles. The van der Waals surface area contributed by atoms with Crippen molar-refractivity contribution in [1.29, 1.82) is 0 Å². The lowest BCUT2D eigenvalue weighted by atomic mass is 10.1. The minimum absolute atomic E-state index is 0.464. The number of benzene rings is 1. The predicted octanol–water partition coefficient (Wildman–Crippen LogP) is 3.57. The first kappa shape index (κ1) is 12.3. The van der Waals surface area contributed by atoms with Gasteiger partial charge in [0.2, 0.25) is 0 Å². The topological polar surface area (TPSA) is 26.3 Å². The lowest BCUT2D eigenvalue weighted by Crippen LogP contribution is -2.35. The highest BCUT2D eigenvalue weighted by Crippen LogP contribution is 2.29. The minimum Gasteiger partial charge on any atom is -0.477 e. The van der Waals surface area contributed by atoms with Crippen molar-refractivity contribution >= 4 is 28.4 Å². The summed E-state index contributed by atoms with van der Waals surface area (Å²) in [6, 6.07) is 5.36. The van der Waals surface area contributed by atoms with Crippen LogP contribution >= 0.6 is 23.2 Å². The number of halogens is 2. The first-order valence-electron chi connectivity index (χ1n) is 4.48. The van der Waals surface area contributed by atoms with E-state index in [1.807, 2.05) is 13.0 Å². The summed E-state index contributed by atoms with van der Waals surface area (Å²) < 4.78 is 5.46. The van der Waals surface area contributed by atoms with Gasteiger partial charge in [0.05, 0.1) is 5.02 Å². The van der Waals surface area contributed by atoms with Gasteiger partial charge in [-0.25, -0.2) is 0 Å². The van der Waals surface area contributed by atoms with Gasteiger partial charge in [-0.3, -0.25) is 4.79 Å². The van der Waals surface area contributed by atoms with Crippen molar-refractivity contribution in [1.82, 2.24) is 0 Å². The van der Waals surface area contributed by atoms with Gasteiger partial charge >= 0.3 is 0 Å². The van der Waals surface area contributed by atoms with Crippen LogP contribution in [0.4, 0.5) is 0 Å². The average Bonchev–Trinajstić information content (AvgIpc) is 2.10. The van der Waals surface area contributed by atoms with E-state index in [1.54, 1.807) is 26.0 Å². The van der Waals surface area contributed by atoms with Crippen molar-refractivity contribution in [2.75, 3.05) is 0 Å². The van der Waals surface area contributed by atoms with E-state index in [0.717, 1.165) is 5.56 Å². The molecule has 0 aliphatic carbocycles. The molecule has 0 bridgehead atoms. The summed E-state index contributed by atoms with van der Waals surface area (Å²) in [6.07, 6.45) is 0. The summed E-state index contributed by atoms with van der Waals surface area (Å²) >= 11 is 11.3. The van der Waals surface area contributed by atoms with Gasteiger partial charge in [0, 0.05) is 0 Å². The van der Waals surface area contributed by atoms with Gasteiger partial charge in [-0.2, -0.15) is 0 Å². The molecule has 0 saturated carbocycles. The maximum atomic E-state index is 11.1. The van der Waals surface area contributed by atoms with Gasteiger partial charge in [0.25, 0.3) is 5.24 Å². The maximum Gasteiger partial charge on any atom is 0.264 e. The number of carbonyl (C=O) groups is 1. The van der Waals surface area contributed by atoms with E-state index in [1.165, 1.54) is 0 Å². The van der Waals surface area contributed by atoms with Crippen LogP contribution in [0.15, 0.2) is 18.2 Å². The number of carbonyl (C=O) groups excluding carboxylic acids is 1. The van der Waals surface area contributed by atoms with Gasteiger partial charge in [0.15, 0.2) is 5.60 Å². The Bertz CT molecular complexity index is 386. The largest absolute Gasteiger partial charge is 0.477 e. The van der Waals surface area contributed by atoms with Gasteiger partial charge in [-0.1, -0.05) is 17.7 Å². The Hall–Kier alpha value is -0.730. The fourth-order valence-corrected chi connectivity index (χ4v) is 1.20. The van der Waals surface area contributed by atoms with E-state index < -0.39 is 10.8 Å². The van der Waals surface area contributed by atoms with Crippen molar-refractivity contribution in [3.63, 3.8) is 0 Å². The van der Waals surface area contributed by atoms with Gasteiger partial charge in [-0.05, 0) is 50.1 Å². The Morgan fingerprint density at radius 1 is 1.40 bits per heavy atom. The Morgan fingerprint density at radius 2 is 2.00 bits per heavy atom. The first-order valence-corrected chi connectivity index (χ1v) is 5.23.